The van der Waals surface area contributed by atoms with Gasteiger partial charge in [0.05, 0.1) is 0 Å². The van der Waals surface area contributed by atoms with Gasteiger partial charge < -0.3 is 10.6 Å². The second-order valence-corrected chi connectivity index (χ2v) is 17.2. The van der Waals surface area contributed by atoms with E-state index in [0.717, 1.165) is 11.4 Å². The van der Waals surface area contributed by atoms with Crippen molar-refractivity contribution in [1.82, 2.24) is 0 Å². The molecule has 2 aliphatic rings. The maximum absolute atomic E-state index is 3.03. The molecule has 2 nitrogen and oxygen atoms in total. The Morgan fingerprint density at radius 1 is 0.526 bits per heavy atom. The van der Waals surface area contributed by atoms with Gasteiger partial charge in [0.1, 0.15) is 0 Å². The predicted octanol–water partition coefficient (Wildman–Crippen LogP) is 8.47. The van der Waals surface area contributed by atoms with Gasteiger partial charge in [-0.15, -0.1) is 0 Å². The van der Waals surface area contributed by atoms with Crippen LogP contribution in [-0.2, 0) is 34.1 Å². The molecule has 0 atom stereocenters. The molecule has 0 amide bonds. The number of fused-ring (bicyclic) bond motifs is 2. The first-order valence-electron chi connectivity index (χ1n) is 13.3. The van der Waals surface area contributed by atoms with Gasteiger partial charge in [0.15, 0.2) is 0 Å². The van der Waals surface area contributed by atoms with Gasteiger partial charge in [-0.2, -0.15) is 0 Å². The van der Waals surface area contributed by atoms with Crippen LogP contribution in [0.15, 0.2) is 116 Å². The molecule has 3 heteroatoms. The normalized spacial score (nSPS) is 12.3. The number of hydrogen-bond acceptors (Lipinski definition) is 2. The van der Waals surface area contributed by atoms with Gasteiger partial charge in [0.25, 0.3) is 0 Å². The van der Waals surface area contributed by atoms with Crippen LogP contribution >= 0.6 is 0 Å². The van der Waals surface area contributed by atoms with Gasteiger partial charge in [-0.05, 0) is 24.3 Å². The van der Waals surface area contributed by atoms with Crippen LogP contribution in [0.4, 0.5) is 11.4 Å². The van der Waals surface area contributed by atoms with E-state index in [2.05, 4.69) is 85.2 Å². The molecular formula is C35H38N2Zr. The van der Waals surface area contributed by atoms with Gasteiger partial charge in [-0.25, -0.2) is 0 Å². The Morgan fingerprint density at radius 3 is 1.21 bits per heavy atom. The summed E-state index contributed by atoms with van der Waals surface area (Å²) < 4.78 is 5.20. The number of allylic oxidation sites excluding steroid dienone is 2. The molecule has 2 aliphatic carbocycles. The van der Waals surface area contributed by atoms with Crippen molar-refractivity contribution < 1.29 is 21.3 Å². The first kappa shape index (κ1) is 27.7. The summed E-state index contributed by atoms with van der Waals surface area (Å²) in [6.07, 6.45) is 7.37. The van der Waals surface area contributed by atoms with E-state index in [4.69, 9.17) is 0 Å². The van der Waals surface area contributed by atoms with E-state index < -0.39 is 21.3 Å². The fourth-order valence-corrected chi connectivity index (χ4v) is 12.4. The fraction of sp³-hybridized carbons (Fsp3) is 0.171. The Hall–Kier alpha value is -3.29. The quantitative estimate of drug-likeness (QED) is 0.254. The molecule has 0 saturated carbocycles. The Bertz CT molecular complexity index is 1320. The molecule has 0 saturated heterocycles. The Morgan fingerprint density at radius 2 is 0.895 bits per heavy atom. The van der Waals surface area contributed by atoms with Crippen LogP contribution in [0.5, 0.6) is 0 Å². The molecule has 6 rings (SSSR count). The molecule has 0 unspecified atom stereocenters. The molecule has 0 radical (unpaired) electrons. The average Bonchev–Trinajstić information content (AvgIpc) is 3.58. The molecule has 192 valence electrons. The van der Waals surface area contributed by atoms with E-state index in [1.165, 1.54) is 35.1 Å². The summed E-state index contributed by atoms with van der Waals surface area (Å²) in [5, 5.41) is 6.05. The van der Waals surface area contributed by atoms with E-state index in [-0.39, 0.29) is 0 Å². The van der Waals surface area contributed by atoms with E-state index in [1.54, 1.807) is 9.77 Å². The Labute approximate surface area is 236 Å². The molecule has 2 N–H and O–H groups in total. The topological polar surface area (TPSA) is 24.1 Å². The average molecular weight is 578 g/mol. The number of hydrogen-bond donors (Lipinski definition) is 2. The predicted molar refractivity (Wildman–Crippen MR) is 165 cm³/mol. The molecule has 4 aromatic rings. The van der Waals surface area contributed by atoms with Crippen molar-refractivity contribution in [3.05, 3.63) is 138 Å². The number of rotatable bonds is 4. The Balaban J connectivity index is 0.000000172. The second kappa shape index (κ2) is 14.0. The zero-order valence-electron chi connectivity index (χ0n) is 23.0. The van der Waals surface area contributed by atoms with Crippen LogP contribution < -0.4 is 10.6 Å². The van der Waals surface area contributed by atoms with Crippen molar-refractivity contribution in [3.63, 3.8) is 0 Å². The van der Waals surface area contributed by atoms with Crippen molar-refractivity contribution in [3.8, 4) is 0 Å². The van der Waals surface area contributed by atoms with Crippen LogP contribution in [0.3, 0.4) is 0 Å². The van der Waals surface area contributed by atoms with Crippen molar-refractivity contribution >= 4 is 26.7 Å². The Kier molecular flexibility index (Phi) is 10.2. The molecule has 0 aliphatic heterocycles. The number of nitrogens with one attached hydrogen (secondary N) is 2. The van der Waals surface area contributed by atoms with Crippen LogP contribution in [0, 0.1) is 0 Å². The zero-order valence-corrected chi connectivity index (χ0v) is 25.4. The minimum absolute atomic E-state index is 1.16. The SMILES string of the molecule is CNc1ccccc1.CNc1ccccc1.C[C](C)=[Zr]([C]1=Cc2ccccc2C1)[C]1=Cc2ccccc2C1. The number of benzene rings is 4. The van der Waals surface area contributed by atoms with Gasteiger partial charge in [0.2, 0.25) is 0 Å². The van der Waals surface area contributed by atoms with Crippen LogP contribution in [0.2, 0.25) is 0 Å². The molecule has 0 fully saturated rings. The van der Waals surface area contributed by atoms with Crippen molar-refractivity contribution in [2.45, 2.75) is 26.7 Å². The van der Waals surface area contributed by atoms with Gasteiger partial charge >= 0.3 is 141 Å². The maximum atomic E-state index is 3.03. The van der Waals surface area contributed by atoms with E-state index in [0.29, 0.717) is 0 Å². The molecule has 0 spiro atoms. The summed E-state index contributed by atoms with van der Waals surface area (Å²) in [4.78, 5) is 0. The van der Waals surface area contributed by atoms with Gasteiger partial charge in [-0.1, -0.05) is 36.4 Å². The molecular weight excluding hydrogens is 540 g/mol. The van der Waals surface area contributed by atoms with E-state index >= 15 is 0 Å². The molecule has 0 aromatic heterocycles. The number of para-hydroxylation sites is 2. The summed E-state index contributed by atoms with van der Waals surface area (Å²) >= 11 is -1.83. The molecule has 38 heavy (non-hydrogen) atoms. The summed E-state index contributed by atoms with van der Waals surface area (Å²) in [7, 11) is 3.82. The third kappa shape index (κ3) is 7.39. The fourth-order valence-electron chi connectivity index (χ4n) is 4.94. The summed E-state index contributed by atoms with van der Waals surface area (Å²) in [6, 6.07) is 37.9. The van der Waals surface area contributed by atoms with Gasteiger partial charge in [0, 0.05) is 25.5 Å². The molecule has 0 bridgehead atoms. The van der Waals surface area contributed by atoms with Gasteiger partial charge in [-0.3, -0.25) is 0 Å². The summed E-state index contributed by atoms with van der Waals surface area (Å²) in [5.74, 6) is 0. The molecule has 4 aromatic carbocycles. The first-order chi connectivity index (χ1) is 18.6. The monoisotopic (exact) mass is 576 g/mol. The van der Waals surface area contributed by atoms with Crippen molar-refractivity contribution in [1.29, 1.82) is 0 Å². The summed E-state index contributed by atoms with van der Waals surface area (Å²) in [6.45, 7) is 4.73. The van der Waals surface area contributed by atoms with E-state index in [1.807, 2.05) is 74.8 Å². The second-order valence-electron chi connectivity index (χ2n) is 9.70. The van der Waals surface area contributed by atoms with Crippen LogP contribution in [0.25, 0.3) is 12.2 Å². The van der Waals surface area contributed by atoms with E-state index in [9.17, 15) is 0 Å². The third-order valence-corrected chi connectivity index (χ3v) is 14.0. The standard InChI is InChI=1S/2C9H7.2C7H9N.C3H6.Zr/c2*1-2-5-9-7-3-6-8(9)4-1;2*1-8-7-5-3-2-4-6-7;1-3-2;/h2*1-2,4-6H,7H2;2*2-6,8H,1H3;1-2H3;. The first-order valence-corrected chi connectivity index (χ1v) is 17.0. The van der Waals surface area contributed by atoms with Crippen LogP contribution in [0.1, 0.15) is 36.1 Å². The summed E-state index contributed by atoms with van der Waals surface area (Å²) in [5.41, 5.74) is 8.27. The molecule has 0 heterocycles. The zero-order chi connectivity index (χ0) is 26.7. The minimum atomic E-state index is -1.83. The third-order valence-electron chi connectivity index (χ3n) is 6.80. The van der Waals surface area contributed by atoms with Crippen LogP contribution in [-0.4, -0.2) is 17.3 Å². The van der Waals surface area contributed by atoms with Crippen molar-refractivity contribution in [2.24, 2.45) is 0 Å². The van der Waals surface area contributed by atoms with Crippen molar-refractivity contribution in [2.75, 3.05) is 24.7 Å². The number of anilines is 2.